The highest BCUT2D eigenvalue weighted by molar-refractivity contribution is 6.06. The van der Waals surface area contributed by atoms with Crippen LogP contribution in [0, 0.1) is 6.92 Å². The van der Waals surface area contributed by atoms with Gasteiger partial charge in [0.1, 0.15) is 5.82 Å². The number of amides is 1. The summed E-state index contributed by atoms with van der Waals surface area (Å²) in [6, 6.07) is 10.6. The summed E-state index contributed by atoms with van der Waals surface area (Å²) in [7, 11) is 1.60. The lowest BCUT2D eigenvalue weighted by Gasteiger charge is -2.18. The summed E-state index contributed by atoms with van der Waals surface area (Å²) in [5.74, 6) is 0.491. The monoisotopic (exact) mass is 415 g/mol. The predicted molar refractivity (Wildman–Crippen MR) is 120 cm³/mol. The summed E-state index contributed by atoms with van der Waals surface area (Å²) in [6.45, 7) is 3.64. The number of nitrogens with zero attached hydrogens (tertiary/aromatic N) is 5. The minimum atomic E-state index is -0.270. The van der Waals surface area contributed by atoms with Gasteiger partial charge in [-0.1, -0.05) is 25.1 Å². The van der Waals surface area contributed by atoms with Gasteiger partial charge in [0.15, 0.2) is 0 Å². The fraction of sp³-hybridized carbons (Fsp3) is 0.217. The first-order chi connectivity index (χ1) is 15.9. The highest BCUT2D eigenvalue weighted by Crippen LogP contribution is 2.26. The molecule has 4 aromatic rings. The van der Waals surface area contributed by atoms with Gasteiger partial charge in [0.2, 0.25) is 5.95 Å². The van der Waals surface area contributed by atoms with Gasteiger partial charge in [-0.25, -0.2) is 19.9 Å². The molecule has 0 aliphatic heterocycles. The number of carbonyl (C=O) groups excluding carboxylic acids is 1. The van der Waals surface area contributed by atoms with Crippen LogP contribution in [0.2, 0.25) is 0 Å². The smallest absolute Gasteiger partial charge is 0.251 e. The van der Waals surface area contributed by atoms with Crippen molar-refractivity contribution < 1.29 is 7.54 Å². The van der Waals surface area contributed by atoms with Crippen LogP contribution in [0.3, 0.4) is 0 Å². The summed E-state index contributed by atoms with van der Waals surface area (Å²) >= 11 is 0. The van der Waals surface area contributed by atoms with Gasteiger partial charge >= 0.3 is 0 Å². The van der Waals surface area contributed by atoms with E-state index in [0.717, 1.165) is 10.9 Å². The molecule has 0 bridgehead atoms. The minimum Gasteiger partial charge on any atom is -0.355 e. The van der Waals surface area contributed by atoms with Crippen LogP contribution in [0.1, 0.15) is 44.0 Å². The Morgan fingerprint density at radius 1 is 1.13 bits per heavy atom. The van der Waals surface area contributed by atoms with Gasteiger partial charge in [-0.05, 0) is 31.5 Å². The van der Waals surface area contributed by atoms with Gasteiger partial charge < -0.3 is 10.6 Å². The molecular formula is C23H23N7O. The average molecular weight is 415 g/mol. The maximum atomic E-state index is 12.5. The molecule has 0 fully saturated rings. The lowest BCUT2D eigenvalue weighted by molar-refractivity contribution is 0.0964. The molecule has 8 heteroatoms. The van der Waals surface area contributed by atoms with Crippen LogP contribution in [0.15, 0.2) is 54.9 Å². The third kappa shape index (κ3) is 4.32. The van der Waals surface area contributed by atoms with E-state index in [4.69, 9.17) is 7.73 Å². The zero-order valence-corrected chi connectivity index (χ0v) is 17.5. The van der Waals surface area contributed by atoms with Gasteiger partial charge in [0.25, 0.3) is 5.91 Å². The van der Waals surface area contributed by atoms with Crippen molar-refractivity contribution in [3.63, 3.8) is 0 Å². The molecule has 31 heavy (non-hydrogen) atoms. The van der Waals surface area contributed by atoms with Crippen LogP contribution in [0.25, 0.3) is 22.2 Å². The topological polar surface area (TPSA) is 106 Å². The number of hydrogen-bond donors (Lipinski definition) is 2. The summed E-state index contributed by atoms with van der Waals surface area (Å²) in [4.78, 5) is 34.1. The molecule has 0 saturated carbocycles. The van der Waals surface area contributed by atoms with Crippen molar-refractivity contribution in [2.45, 2.75) is 26.3 Å². The van der Waals surface area contributed by atoms with Crippen molar-refractivity contribution >= 4 is 22.8 Å². The minimum absolute atomic E-state index is 0.0596. The lowest BCUT2D eigenvalue weighted by Crippen LogP contribution is -2.20. The third-order valence-electron chi connectivity index (χ3n) is 4.85. The molecule has 0 radical (unpaired) electrons. The highest BCUT2D eigenvalue weighted by atomic mass is 16.1. The molecule has 3 heterocycles. The zero-order valence-electron chi connectivity index (χ0n) is 19.5. The number of pyridine rings is 1. The number of carbonyl (C=O) groups is 1. The Balaban J connectivity index is 1.72. The fourth-order valence-corrected chi connectivity index (χ4v) is 3.24. The van der Waals surface area contributed by atoms with E-state index < -0.39 is 0 Å². The highest BCUT2D eigenvalue weighted by Gasteiger charge is 2.18. The summed E-state index contributed by atoms with van der Waals surface area (Å²) in [5.41, 5.74) is 2.57. The van der Waals surface area contributed by atoms with Crippen LogP contribution >= 0.6 is 0 Å². The molecule has 8 nitrogen and oxygen atoms in total. The molecule has 3 aromatic heterocycles. The third-order valence-corrected chi connectivity index (χ3v) is 4.85. The molecule has 0 saturated heterocycles. The maximum Gasteiger partial charge on any atom is 0.251 e. The Morgan fingerprint density at radius 3 is 2.65 bits per heavy atom. The normalized spacial score (nSPS) is 12.7. The first-order valence-corrected chi connectivity index (χ1v) is 9.94. The Morgan fingerprint density at radius 2 is 1.90 bits per heavy atom. The second kappa shape index (κ2) is 8.83. The average Bonchev–Trinajstić information content (AvgIpc) is 2.81. The van der Waals surface area contributed by atoms with Gasteiger partial charge in [-0.15, -0.1) is 0 Å². The molecule has 0 spiro atoms. The number of para-hydroxylation sites is 1. The largest absolute Gasteiger partial charge is 0.355 e. The maximum absolute atomic E-state index is 12.5. The van der Waals surface area contributed by atoms with E-state index in [0.29, 0.717) is 35.1 Å². The SMILES string of the molecule is [2H]c1nc(C)nc([2H])c1-c1ccnc(N[C@@H](CC)c2cc(C(=O)NC)c3ccccc3n2)n1. The van der Waals surface area contributed by atoms with E-state index in [9.17, 15) is 4.79 Å². The van der Waals surface area contributed by atoms with Crippen LogP contribution in [0.5, 0.6) is 0 Å². The fourth-order valence-electron chi connectivity index (χ4n) is 3.24. The first-order valence-electron chi connectivity index (χ1n) is 10.9. The van der Waals surface area contributed by atoms with Gasteiger partial charge in [0.05, 0.1) is 31.3 Å². The van der Waals surface area contributed by atoms with E-state index in [2.05, 4.69) is 30.6 Å². The van der Waals surface area contributed by atoms with Crippen molar-refractivity contribution in [3.05, 3.63) is 72.0 Å². The molecule has 0 aliphatic rings. The summed E-state index contributed by atoms with van der Waals surface area (Å²) in [6.07, 6.45) is 2.10. The molecular weight excluding hydrogens is 390 g/mol. The van der Waals surface area contributed by atoms with Crippen molar-refractivity contribution in [1.82, 2.24) is 30.2 Å². The second-order valence-electron chi connectivity index (χ2n) is 6.93. The van der Waals surface area contributed by atoms with Crippen LogP contribution in [-0.2, 0) is 0 Å². The van der Waals surface area contributed by atoms with Crippen molar-refractivity contribution in [2.75, 3.05) is 12.4 Å². The number of aryl methyl sites for hydroxylation is 1. The van der Waals surface area contributed by atoms with E-state index in [1.54, 1.807) is 32.3 Å². The van der Waals surface area contributed by atoms with Crippen LogP contribution in [-0.4, -0.2) is 37.9 Å². The summed E-state index contributed by atoms with van der Waals surface area (Å²) < 4.78 is 16.3. The molecule has 0 aliphatic carbocycles. The number of rotatable bonds is 6. The van der Waals surface area contributed by atoms with Crippen LogP contribution < -0.4 is 10.6 Å². The molecule has 0 unspecified atom stereocenters. The molecule has 2 N–H and O–H groups in total. The van der Waals surface area contributed by atoms with E-state index in [-0.39, 0.29) is 29.9 Å². The number of anilines is 1. The number of fused-ring (bicyclic) bond motifs is 1. The molecule has 4 rings (SSSR count). The Hall–Kier alpha value is -3.94. The van der Waals surface area contributed by atoms with Gasteiger partial charge in [-0.2, -0.15) is 0 Å². The Bertz CT molecular complexity index is 1320. The van der Waals surface area contributed by atoms with E-state index in [1.807, 2.05) is 31.2 Å². The first kappa shape index (κ1) is 17.9. The lowest BCUT2D eigenvalue weighted by atomic mass is 10.0. The van der Waals surface area contributed by atoms with Crippen molar-refractivity contribution in [2.24, 2.45) is 0 Å². The standard InChI is InChI=1S/C23H23N7O/c1-4-18(21-11-17(22(31)24-3)16-7-5-6-8-20(16)28-21)29-23-25-10-9-19(30-23)15-12-26-14(2)27-13-15/h5-13,18H,4H2,1-3H3,(H,24,31)(H,25,29,30)/t18-/m0/s1/i12D,13D. The van der Waals surface area contributed by atoms with Gasteiger partial charge in [-0.3, -0.25) is 9.78 Å². The van der Waals surface area contributed by atoms with E-state index >= 15 is 0 Å². The summed E-state index contributed by atoms with van der Waals surface area (Å²) in [5, 5.41) is 6.74. The molecule has 1 amide bonds. The quantitative estimate of drug-likeness (QED) is 0.494. The molecule has 156 valence electrons. The van der Waals surface area contributed by atoms with Crippen molar-refractivity contribution in [1.29, 1.82) is 0 Å². The molecule has 1 atom stereocenters. The number of benzene rings is 1. The van der Waals surface area contributed by atoms with Crippen LogP contribution in [0.4, 0.5) is 5.95 Å². The van der Waals surface area contributed by atoms with E-state index in [1.165, 1.54) is 0 Å². The Kier molecular flexibility index (Phi) is 5.09. The molecule has 1 aromatic carbocycles. The second-order valence-corrected chi connectivity index (χ2v) is 6.93. The zero-order chi connectivity index (χ0) is 23.5. The van der Waals surface area contributed by atoms with Gasteiger partial charge in [0, 0.05) is 36.5 Å². The number of nitrogens with one attached hydrogen (secondary N) is 2. The Labute approximate surface area is 183 Å². The predicted octanol–water partition coefficient (Wildman–Crippen LogP) is 3.71. The van der Waals surface area contributed by atoms with Crippen molar-refractivity contribution in [3.8, 4) is 11.3 Å². The number of aromatic nitrogens is 5. The number of hydrogen-bond acceptors (Lipinski definition) is 7.